The van der Waals surface area contributed by atoms with E-state index in [1.807, 2.05) is 18.9 Å². The maximum atomic E-state index is 9.47. The number of benzene rings is 1. The lowest BCUT2D eigenvalue weighted by atomic mass is 10.2. The fourth-order valence-corrected chi connectivity index (χ4v) is 1.53. The summed E-state index contributed by atoms with van der Waals surface area (Å²) in [7, 11) is 1.91. The van der Waals surface area contributed by atoms with Crippen LogP contribution >= 0.6 is 0 Å². The van der Waals surface area contributed by atoms with Gasteiger partial charge in [0.25, 0.3) is 0 Å². The number of phenolic OH excluding ortho intramolecular Hbond substituents is 2. The third-order valence-electron chi connectivity index (χ3n) is 2.49. The Hall–Kier alpha value is -1.26. The summed E-state index contributed by atoms with van der Waals surface area (Å²) in [4.78, 5) is 1.97. The molecule has 1 unspecified atom stereocenters. The number of phenols is 2. The molecule has 0 fully saturated rings. The summed E-state index contributed by atoms with van der Waals surface area (Å²) >= 11 is 0. The Labute approximate surface area is 95.8 Å². The smallest absolute Gasteiger partial charge is 0.157 e. The maximum absolute atomic E-state index is 9.47. The number of aromatic hydroxyl groups is 2. The van der Waals surface area contributed by atoms with Crippen LogP contribution in [-0.2, 0) is 6.54 Å². The molecule has 0 aliphatic carbocycles. The molecule has 0 aromatic heterocycles. The Morgan fingerprint density at radius 3 is 2.50 bits per heavy atom. The van der Waals surface area contributed by atoms with E-state index in [2.05, 4.69) is 0 Å². The first-order valence-electron chi connectivity index (χ1n) is 5.40. The predicted molar refractivity (Wildman–Crippen MR) is 62.4 cm³/mol. The van der Waals surface area contributed by atoms with Gasteiger partial charge in [-0.05, 0) is 31.2 Å². The van der Waals surface area contributed by atoms with Crippen LogP contribution in [0, 0.1) is 0 Å². The van der Waals surface area contributed by atoms with Crippen LogP contribution in [0.3, 0.4) is 0 Å². The minimum absolute atomic E-state index is 0.109. The third kappa shape index (κ3) is 3.72. The molecular formula is C12H19NO3. The van der Waals surface area contributed by atoms with E-state index in [-0.39, 0.29) is 17.6 Å². The van der Waals surface area contributed by atoms with Crippen LogP contribution in [0.25, 0.3) is 0 Å². The Balaban J connectivity index is 2.56. The molecule has 1 rings (SSSR count). The Bertz CT molecular complexity index is 341. The number of hydrogen-bond donors (Lipinski definition) is 3. The molecule has 0 bridgehead atoms. The van der Waals surface area contributed by atoms with Gasteiger partial charge in [0.15, 0.2) is 11.5 Å². The molecule has 90 valence electrons. The van der Waals surface area contributed by atoms with Gasteiger partial charge in [0.05, 0.1) is 6.10 Å². The normalized spacial score (nSPS) is 13.0. The second kappa shape index (κ2) is 5.72. The van der Waals surface area contributed by atoms with Gasteiger partial charge in [-0.2, -0.15) is 0 Å². The van der Waals surface area contributed by atoms with E-state index < -0.39 is 0 Å². The lowest BCUT2D eigenvalue weighted by molar-refractivity contribution is 0.119. The van der Waals surface area contributed by atoms with Crippen molar-refractivity contribution in [1.29, 1.82) is 0 Å². The largest absolute Gasteiger partial charge is 0.504 e. The summed E-state index contributed by atoms with van der Waals surface area (Å²) in [6.07, 6.45) is 0.404. The number of hydrogen-bond acceptors (Lipinski definition) is 4. The van der Waals surface area contributed by atoms with E-state index in [9.17, 15) is 10.2 Å². The van der Waals surface area contributed by atoms with Gasteiger partial charge in [0, 0.05) is 13.1 Å². The van der Waals surface area contributed by atoms with E-state index in [1.54, 1.807) is 6.07 Å². The Morgan fingerprint density at radius 1 is 1.25 bits per heavy atom. The Morgan fingerprint density at radius 2 is 1.94 bits per heavy atom. The van der Waals surface area contributed by atoms with E-state index in [0.717, 1.165) is 12.0 Å². The number of aliphatic hydroxyl groups excluding tert-OH is 1. The van der Waals surface area contributed by atoms with Crippen molar-refractivity contribution in [2.45, 2.75) is 26.0 Å². The number of rotatable bonds is 5. The van der Waals surface area contributed by atoms with Gasteiger partial charge in [-0.3, -0.25) is 4.90 Å². The summed E-state index contributed by atoms with van der Waals surface area (Å²) in [6.45, 7) is 3.16. The van der Waals surface area contributed by atoms with Crippen LogP contribution in [0.1, 0.15) is 18.9 Å². The first-order valence-corrected chi connectivity index (χ1v) is 5.40. The standard InChI is InChI=1S/C12H19NO3/c1-3-10(14)8-13(2)7-9-4-5-11(15)12(16)6-9/h4-6,10,14-16H,3,7-8H2,1-2H3. The lowest BCUT2D eigenvalue weighted by Gasteiger charge is -2.19. The Kier molecular flexibility index (Phi) is 4.58. The zero-order chi connectivity index (χ0) is 12.1. The third-order valence-corrected chi connectivity index (χ3v) is 2.49. The number of nitrogens with zero attached hydrogens (tertiary/aromatic N) is 1. The molecule has 1 aromatic rings. The lowest BCUT2D eigenvalue weighted by Crippen LogP contribution is -2.28. The minimum Gasteiger partial charge on any atom is -0.504 e. The molecule has 0 heterocycles. The predicted octanol–water partition coefficient (Wildman–Crippen LogP) is 1.30. The number of aliphatic hydroxyl groups is 1. The van der Waals surface area contributed by atoms with Gasteiger partial charge in [-0.1, -0.05) is 13.0 Å². The van der Waals surface area contributed by atoms with Crippen molar-refractivity contribution in [3.8, 4) is 11.5 Å². The van der Waals surface area contributed by atoms with Crippen LogP contribution < -0.4 is 0 Å². The van der Waals surface area contributed by atoms with Crippen molar-refractivity contribution >= 4 is 0 Å². The van der Waals surface area contributed by atoms with Crippen LogP contribution in [0.2, 0.25) is 0 Å². The van der Waals surface area contributed by atoms with Gasteiger partial charge in [0.1, 0.15) is 0 Å². The van der Waals surface area contributed by atoms with Gasteiger partial charge in [-0.25, -0.2) is 0 Å². The molecule has 4 heteroatoms. The molecular weight excluding hydrogens is 206 g/mol. The zero-order valence-electron chi connectivity index (χ0n) is 9.72. The molecule has 16 heavy (non-hydrogen) atoms. The van der Waals surface area contributed by atoms with Gasteiger partial charge >= 0.3 is 0 Å². The first-order chi connectivity index (χ1) is 7.52. The molecule has 1 atom stereocenters. The van der Waals surface area contributed by atoms with Crippen molar-refractivity contribution in [3.05, 3.63) is 23.8 Å². The topological polar surface area (TPSA) is 63.9 Å². The molecule has 0 amide bonds. The molecule has 3 N–H and O–H groups in total. The van der Waals surface area contributed by atoms with Gasteiger partial charge < -0.3 is 15.3 Å². The molecule has 0 radical (unpaired) electrons. The van der Waals surface area contributed by atoms with E-state index in [4.69, 9.17) is 5.11 Å². The summed E-state index contributed by atoms with van der Waals surface area (Å²) in [6, 6.07) is 4.75. The van der Waals surface area contributed by atoms with Crippen LogP contribution in [-0.4, -0.2) is 39.9 Å². The van der Waals surface area contributed by atoms with Crippen molar-refractivity contribution < 1.29 is 15.3 Å². The maximum Gasteiger partial charge on any atom is 0.157 e. The first kappa shape index (κ1) is 12.8. The minimum atomic E-state index is -0.323. The molecule has 1 aromatic carbocycles. The zero-order valence-corrected chi connectivity index (χ0v) is 9.72. The molecule has 4 nitrogen and oxygen atoms in total. The fourth-order valence-electron chi connectivity index (χ4n) is 1.53. The average molecular weight is 225 g/mol. The monoisotopic (exact) mass is 225 g/mol. The summed E-state index contributed by atoms with van der Waals surface area (Å²) in [5.74, 6) is -0.220. The second-order valence-electron chi connectivity index (χ2n) is 4.08. The van der Waals surface area contributed by atoms with E-state index in [0.29, 0.717) is 13.1 Å². The van der Waals surface area contributed by atoms with Gasteiger partial charge in [0.2, 0.25) is 0 Å². The highest BCUT2D eigenvalue weighted by molar-refractivity contribution is 5.40. The van der Waals surface area contributed by atoms with Crippen molar-refractivity contribution in [3.63, 3.8) is 0 Å². The van der Waals surface area contributed by atoms with E-state index in [1.165, 1.54) is 12.1 Å². The average Bonchev–Trinajstić information content (AvgIpc) is 2.23. The highest BCUT2D eigenvalue weighted by Crippen LogP contribution is 2.25. The molecule has 0 aliphatic rings. The van der Waals surface area contributed by atoms with Crippen LogP contribution in [0.4, 0.5) is 0 Å². The molecule has 0 saturated heterocycles. The summed E-state index contributed by atoms with van der Waals surface area (Å²) in [5.41, 5.74) is 0.904. The number of likely N-dealkylation sites (N-methyl/N-ethyl adjacent to an activating group) is 1. The van der Waals surface area contributed by atoms with Crippen molar-refractivity contribution in [2.75, 3.05) is 13.6 Å². The highest BCUT2D eigenvalue weighted by Gasteiger charge is 2.07. The fraction of sp³-hybridized carbons (Fsp3) is 0.500. The van der Waals surface area contributed by atoms with E-state index >= 15 is 0 Å². The van der Waals surface area contributed by atoms with Gasteiger partial charge in [-0.15, -0.1) is 0 Å². The molecule has 0 saturated carbocycles. The van der Waals surface area contributed by atoms with Crippen molar-refractivity contribution in [2.24, 2.45) is 0 Å². The highest BCUT2D eigenvalue weighted by atomic mass is 16.3. The molecule has 0 spiro atoms. The van der Waals surface area contributed by atoms with Crippen LogP contribution in [0.5, 0.6) is 11.5 Å². The quantitative estimate of drug-likeness (QED) is 0.661. The SMILES string of the molecule is CCC(O)CN(C)Cc1ccc(O)c(O)c1. The van der Waals surface area contributed by atoms with Crippen molar-refractivity contribution in [1.82, 2.24) is 4.90 Å². The summed E-state index contributed by atoms with van der Waals surface area (Å²) in [5, 5.41) is 28.0. The summed E-state index contributed by atoms with van der Waals surface area (Å²) < 4.78 is 0. The molecule has 0 aliphatic heterocycles. The second-order valence-corrected chi connectivity index (χ2v) is 4.08. The van der Waals surface area contributed by atoms with Crippen LogP contribution in [0.15, 0.2) is 18.2 Å².